The minimum atomic E-state index is -1.03. The summed E-state index contributed by atoms with van der Waals surface area (Å²) in [5, 5.41) is 13.2. The van der Waals surface area contributed by atoms with E-state index in [-0.39, 0.29) is 37.1 Å². The topological polar surface area (TPSA) is 242 Å². The Bertz CT molecular complexity index is 1420. The molecule has 0 radical (unpaired) electrons. The molecule has 12 nitrogen and oxygen atoms in total. The third-order valence-electron chi connectivity index (χ3n) is 6.88. The van der Waals surface area contributed by atoms with Gasteiger partial charge in [0.25, 0.3) is 0 Å². The van der Waals surface area contributed by atoms with E-state index in [0.717, 1.165) is 16.7 Å². The molecular formula is C31H39N9O3. The predicted molar refractivity (Wildman–Crippen MR) is 168 cm³/mol. The van der Waals surface area contributed by atoms with Crippen LogP contribution in [0.25, 0.3) is 0 Å². The summed E-state index contributed by atoms with van der Waals surface area (Å²) in [6, 6.07) is 21.3. The molecule has 3 amide bonds. The van der Waals surface area contributed by atoms with Gasteiger partial charge in [0, 0.05) is 24.2 Å². The number of carbonyl (C=O) groups excluding carboxylic acids is 3. The Morgan fingerprint density at radius 1 is 0.744 bits per heavy atom. The number of guanidine groups is 1. The van der Waals surface area contributed by atoms with Gasteiger partial charge in [0.2, 0.25) is 17.7 Å². The van der Waals surface area contributed by atoms with Gasteiger partial charge in [-0.15, -0.1) is 0 Å². The third-order valence-corrected chi connectivity index (χ3v) is 6.88. The second-order valence-corrected chi connectivity index (χ2v) is 10.2. The van der Waals surface area contributed by atoms with Crippen molar-refractivity contribution in [2.24, 2.45) is 27.9 Å². The summed E-state index contributed by atoms with van der Waals surface area (Å²) >= 11 is 0. The molecule has 0 spiro atoms. The van der Waals surface area contributed by atoms with E-state index < -0.39 is 29.8 Å². The zero-order valence-corrected chi connectivity index (χ0v) is 23.8. The highest BCUT2D eigenvalue weighted by Crippen LogP contribution is 2.22. The molecule has 0 bridgehead atoms. The smallest absolute Gasteiger partial charge is 0.243 e. The highest BCUT2D eigenvalue weighted by Gasteiger charge is 2.29. The molecule has 3 atom stereocenters. The maximum atomic E-state index is 13.9. The fraction of sp³-hybridized carbons (Fsp3) is 0.258. The maximum absolute atomic E-state index is 13.9. The summed E-state index contributed by atoms with van der Waals surface area (Å²) in [6.07, 6.45) is 1.09. The number of hydrogen-bond acceptors (Lipinski definition) is 6. The number of amidine groups is 1. The lowest BCUT2D eigenvalue weighted by molar-refractivity contribution is -0.131. The zero-order valence-electron chi connectivity index (χ0n) is 23.8. The molecule has 43 heavy (non-hydrogen) atoms. The number of benzene rings is 3. The van der Waals surface area contributed by atoms with E-state index in [0.29, 0.717) is 24.1 Å². The van der Waals surface area contributed by atoms with Crippen LogP contribution in [0.1, 0.15) is 41.0 Å². The SMILES string of the molecule is N=C(N)c1ccc(C[C@@H](C(=O)N[C@@H](Cc2ccc(N)cc2)C(=O)N[C@@H](CCCN=C(N)N)C(N)=O)c2ccccc2)cc1. The first-order chi connectivity index (χ1) is 20.5. The van der Waals surface area contributed by atoms with Crippen molar-refractivity contribution < 1.29 is 14.4 Å². The van der Waals surface area contributed by atoms with Gasteiger partial charge in [0.15, 0.2) is 5.96 Å². The van der Waals surface area contributed by atoms with Crippen molar-refractivity contribution >= 4 is 35.2 Å². The highest BCUT2D eigenvalue weighted by atomic mass is 16.2. The van der Waals surface area contributed by atoms with E-state index in [1.807, 2.05) is 42.5 Å². The molecule has 0 unspecified atom stereocenters. The van der Waals surface area contributed by atoms with Crippen LogP contribution < -0.4 is 39.3 Å². The van der Waals surface area contributed by atoms with E-state index in [1.165, 1.54) is 0 Å². The van der Waals surface area contributed by atoms with Crippen LogP contribution in [0.5, 0.6) is 0 Å². The molecule has 0 aliphatic heterocycles. The number of anilines is 1. The Hall–Kier alpha value is -5.39. The largest absolute Gasteiger partial charge is 0.399 e. The molecule has 3 aromatic rings. The standard InChI is InChI=1S/C31H39N9O3/c32-23-14-10-20(11-15-23)18-26(30(43)39-25(28(35)41)7-4-16-38-31(36)37)40-29(42)24(21-5-2-1-3-6-21)17-19-8-12-22(13-9-19)27(33)34/h1-3,5-6,8-15,24-26H,4,7,16-18,32H2,(H3,33,34)(H2,35,41)(H,39,43)(H,40,42)(H4,36,37,38)/t24-,25+,26+/m1/s1. The fourth-order valence-corrected chi connectivity index (χ4v) is 4.54. The van der Waals surface area contributed by atoms with Crippen molar-refractivity contribution in [3.8, 4) is 0 Å². The van der Waals surface area contributed by atoms with Crippen LogP contribution in [0.3, 0.4) is 0 Å². The number of hydrogen-bond donors (Lipinski definition) is 8. The van der Waals surface area contributed by atoms with Gasteiger partial charge >= 0.3 is 0 Å². The Balaban J connectivity index is 1.85. The number of carbonyl (C=O) groups is 3. The van der Waals surface area contributed by atoms with Crippen molar-refractivity contribution in [1.82, 2.24) is 10.6 Å². The van der Waals surface area contributed by atoms with E-state index in [1.54, 1.807) is 36.4 Å². The number of nitrogens with two attached hydrogens (primary N) is 5. The highest BCUT2D eigenvalue weighted by molar-refractivity contribution is 5.95. The number of nitrogens with zero attached hydrogens (tertiary/aromatic N) is 1. The van der Waals surface area contributed by atoms with Crippen LogP contribution in [-0.4, -0.2) is 48.1 Å². The molecule has 0 aromatic heterocycles. The monoisotopic (exact) mass is 585 g/mol. The van der Waals surface area contributed by atoms with Crippen LogP contribution in [0, 0.1) is 5.41 Å². The number of rotatable bonds is 15. The summed E-state index contributed by atoms with van der Waals surface area (Å²) < 4.78 is 0. The third kappa shape index (κ3) is 10.2. The van der Waals surface area contributed by atoms with Gasteiger partial charge in [-0.3, -0.25) is 24.8 Å². The predicted octanol–water partition coefficient (Wildman–Crippen LogP) is 0.630. The molecule has 0 heterocycles. The molecule has 3 aromatic carbocycles. The molecule has 0 aliphatic carbocycles. The Morgan fingerprint density at radius 3 is 1.91 bits per heavy atom. The van der Waals surface area contributed by atoms with Gasteiger partial charge in [-0.05, 0) is 48.1 Å². The first kappa shape index (κ1) is 32.1. The van der Waals surface area contributed by atoms with Gasteiger partial charge in [0.05, 0.1) is 5.92 Å². The van der Waals surface area contributed by atoms with Gasteiger partial charge in [-0.1, -0.05) is 66.7 Å². The fourth-order valence-electron chi connectivity index (χ4n) is 4.54. The Morgan fingerprint density at radius 2 is 1.33 bits per heavy atom. The van der Waals surface area contributed by atoms with Crippen molar-refractivity contribution in [1.29, 1.82) is 5.41 Å². The van der Waals surface area contributed by atoms with Crippen LogP contribution in [0.2, 0.25) is 0 Å². The molecule has 12 heteroatoms. The number of aliphatic imine (C=N–C) groups is 1. The van der Waals surface area contributed by atoms with Crippen LogP contribution in [-0.2, 0) is 27.2 Å². The Labute approximate surface area is 250 Å². The van der Waals surface area contributed by atoms with Gasteiger partial charge in [-0.25, -0.2) is 0 Å². The molecule has 0 aliphatic rings. The molecular weight excluding hydrogens is 546 g/mol. The maximum Gasteiger partial charge on any atom is 0.243 e. The molecule has 0 saturated carbocycles. The van der Waals surface area contributed by atoms with E-state index in [4.69, 9.17) is 34.1 Å². The quantitative estimate of drug-likeness (QED) is 0.0547. The van der Waals surface area contributed by atoms with E-state index in [2.05, 4.69) is 15.6 Å². The number of primary amides is 1. The van der Waals surface area contributed by atoms with Crippen LogP contribution in [0.4, 0.5) is 5.69 Å². The molecule has 13 N–H and O–H groups in total. The lowest BCUT2D eigenvalue weighted by atomic mass is 9.90. The zero-order chi connectivity index (χ0) is 31.4. The van der Waals surface area contributed by atoms with E-state index in [9.17, 15) is 14.4 Å². The minimum absolute atomic E-state index is 0.0501. The Kier molecular flexibility index (Phi) is 11.6. The average Bonchev–Trinajstić information content (AvgIpc) is 2.98. The molecule has 226 valence electrons. The lowest BCUT2D eigenvalue weighted by Gasteiger charge is -2.25. The van der Waals surface area contributed by atoms with Gasteiger partial charge in [-0.2, -0.15) is 0 Å². The normalized spacial score (nSPS) is 12.7. The summed E-state index contributed by atoms with van der Waals surface area (Å²) in [5.74, 6) is -2.42. The van der Waals surface area contributed by atoms with Gasteiger partial charge < -0.3 is 39.3 Å². The second-order valence-electron chi connectivity index (χ2n) is 10.2. The van der Waals surface area contributed by atoms with Crippen molar-refractivity contribution in [3.05, 3.63) is 101 Å². The van der Waals surface area contributed by atoms with E-state index >= 15 is 0 Å². The van der Waals surface area contributed by atoms with Crippen LogP contribution >= 0.6 is 0 Å². The summed E-state index contributed by atoms with van der Waals surface area (Å²) in [5.41, 5.74) is 31.2. The minimum Gasteiger partial charge on any atom is -0.399 e. The molecule has 0 fully saturated rings. The number of amides is 3. The first-order valence-corrected chi connectivity index (χ1v) is 13.8. The number of nitrogen functional groups attached to an aromatic ring is 2. The van der Waals surface area contributed by atoms with Crippen molar-refractivity contribution in [2.45, 2.75) is 43.7 Å². The second kappa shape index (κ2) is 15.6. The molecule has 3 rings (SSSR count). The van der Waals surface area contributed by atoms with Gasteiger partial charge in [0.1, 0.15) is 17.9 Å². The number of nitrogens with one attached hydrogen (secondary N) is 3. The first-order valence-electron chi connectivity index (χ1n) is 13.8. The summed E-state index contributed by atoms with van der Waals surface area (Å²) in [4.78, 5) is 43.5. The van der Waals surface area contributed by atoms with Crippen LogP contribution in [0.15, 0.2) is 83.9 Å². The molecule has 0 saturated heterocycles. The lowest BCUT2D eigenvalue weighted by Crippen LogP contribution is -2.54. The average molecular weight is 586 g/mol. The summed E-state index contributed by atoms with van der Waals surface area (Å²) in [7, 11) is 0. The van der Waals surface area contributed by atoms with Crippen molar-refractivity contribution in [2.75, 3.05) is 12.3 Å². The van der Waals surface area contributed by atoms with Crippen molar-refractivity contribution in [3.63, 3.8) is 0 Å². The summed E-state index contributed by atoms with van der Waals surface area (Å²) in [6.45, 7) is 0.264.